The fourth-order valence-corrected chi connectivity index (χ4v) is 3.13. The Labute approximate surface area is 133 Å². The number of amides is 2. The van der Waals surface area contributed by atoms with E-state index in [0.29, 0.717) is 22.0 Å². The van der Waals surface area contributed by atoms with E-state index in [9.17, 15) is 9.59 Å². The second kappa shape index (κ2) is 4.75. The van der Waals surface area contributed by atoms with Crippen molar-refractivity contribution in [3.8, 4) is 0 Å². The van der Waals surface area contributed by atoms with Gasteiger partial charge in [-0.25, -0.2) is 4.90 Å². The largest absolute Gasteiger partial charge is 0.398 e. The van der Waals surface area contributed by atoms with Crippen LogP contribution in [0, 0.1) is 3.57 Å². The second-order valence-electron chi connectivity index (χ2n) is 4.31. The van der Waals surface area contributed by atoms with Crippen LogP contribution < -0.4 is 10.6 Å². The van der Waals surface area contributed by atoms with Gasteiger partial charge in [-0.15, -0.1) is 0 Å². The molecule has 2 amide bonds. The lowest BCUT2D eigenvalue weighted by atomic mass is 10.1. The molecule has 2 aromatic rings. The van der Waals surface area contributed by atoms with E-state index in [-0.39, 0.29) is 5.56 Å². The molecule has 1 aliphatic heterocycles. The first-order chi connectivity index (χ1) is 9.50. The quantitative estimate of drug-likeness (QED) is 0.455. The highest BCUT2D eigenvalue weighted by atomic mass is 127. The van der Waals surface area contributed by atoms with Crippen LogP contribution in [0.2, 0.25) is 5.02 Å². The van der Waals surface area contributed by atoms with Crippen molar-refractivity contribution in [2.24, 2.45) is 0 Å². The van der Waals surface area contributed by atoms with E-state index in [4.69, 9.17) is 17.3 Å². The van der Waals surface area contributed by atoms with E-state index in [2.05, 4.69) is 22.6 Å². The summed E-state index contributed by atoms with van der Waals surface area (Å²) in [7, 11) is 0. The molecular weight excluding hydrogens is 391 g/mol. The van der Waals surface area contributed by atoms with Gasteiger partial charge in [-0.1, -0.05) is 17.7 Å². The van der Waals surface area contributed by atoms with Crippen LogP contribution >= 0.6 is 34.2 Å². The Morgan fingerprint density at radius 1 is 1.10 bits per heavy atom. The van der Waals surface area contributed by atoms with E-state index >= 15 is 0 Å². The minimum Gasteiger partial charge on any atom is -0.398 e. The van der Waals surface area contributed by atoms with Crippen molar-refractivity contribution in [2.75, 3.05) is 10.6 Å². The maximum atomic E-state index is 12.4. The van der Waals surface area contributed by atoms with Crippen molar-refractivity contribution in [2.45, 2.75) is 0 Å². The summed E-state index contributed by atoms with van der Waals surface area (Å²) >= 11 is 8.25. The lowest BCUT2D eigenvalue weighted by Gasteiger charge is -2.15. The van der Waals surface area contributed by atoms with Gasteiger partial charge < -0.3 is 5.73 Å². The average Bonchev–Trinajstić information content (AvgIpc) is 2.64. The van der Waals surface area contributed by atoms with E-state index in [0.717, 1.165) is 8.47 Å². The predicted molar refractivity (Wildman–Crippen MR) is 86.2 cm³/mol. The van der Waals surface area contributed by atoms with Gasteiger partial charge in [0.1, 0.15) is 0 Å². The summed E-state index contributed by atoms with van der Waals surface area (Å²) < 4.78 is 0.924. The van der Waals surface area contributed by atoms with Gasteiger partial charge in [-0.2, -0.15) is 0 Å². The zero-order valence-corrected chi connectivity index (χ0v) is 13.0. The first-order valence-electron chi connectivity index (χ1n) is 5.73. The predicted octanol–water partition coefficient (Wildman–Crippen LogP) is 3.33. The SMILES string of the molecule is Nc1cccc2c1C(=O)N(c1ccc(I)cc1Cl)C2=O. The van der Waals surface area contributed by atoms with Crippen LogP contribution in [0.1, 0.15) is 20.7 Å². The molecule has 0 radical (unpaired) electrons. The summed E-state index contributed by atoms with van der Waals surface area (Å²) in [5, 5.41) is 0.352. The van der Waals surface area contributed by atoms with Gasteiger partial charge in [0.05, 0.1) is 21.8 Å². The third kappa shape index (κ3) is 1.89. The van der Waals surface area contributed by atoms with Gasteiger partial charge in [0.25, 0.3) is 11.8 Å². The number of nitrogens with zero attached hydrogens (tertiary/aromatic N) is 1. The van der Waals surface area contributed by atoms with Crippen LogP contribution in [0.5, 0.6) is 0 Å². The third-order valence-corrected chi connectivity index (χ3v) is 4.07. The van der Waals surface area contributed by atoms with Gasteiger partial charge >= 0.3 is 0 Å². The number of anilines is 2. The fraction of sp³-hybridized carbons (Fsp3) is 0. The molecule has 0 aromatic heterocycles. The number of nitrogen functional groups attached to an aromatic ring is 1. The summed E-state index contributed by atoms with van der Waals surface area (Å²) in [6.45, 7) is 0. The Bertz CT molecular complexity index is 761. The zero-order valence-electron chi connectivity index (χ0n) is 10.1. The zero-order chi connectivity index (χ0) is 14.4. The van der Waals surface area contributed by atoms with E-state index in [1.807, 2.05) is 0 Å². The number of carbonyl (C=O) groups excluding carboxylic acids is 2. The topological polar surface area (TPSA) is 63.4 Å². The Balaban J connectivity index is 2.17. The Kier molecular flexibility index (Phi) is 3.18. The van der Waals surface area contributed by atoms with Crippen LogP contribution in [0.25, 0.3) is 0 Å². The second-order valence-corrected chi connectivity index (χ2v) is 5.96. The molecule has 2 N–H and O–H groups in total. The van der Waals surface area contributed by atoms with Crippen molar-refractivity contribution in [3.05, 3.63) is 56.1 Å². The van der Waals surface area contributed by atoms with Crippen LogP contribution in [0.15, 0.2) is 36.4 Å². The van der Waals surface area contributed by atoms with Gasteiger partial charge in [-0.05, 0) is 52.9 Å². The van der Waals surface area contributed by atoms with E-state index in [1.54, 1.807) is 36.4 Å². The maximum Gasteiger partial charge on any atom is 0.268 e. The molecule has 2 aromatic carbocycles. The van der Waals surface area contributed by atoms with E-state index < -0.39 is 11.8 Å². The molecule has 20 heavy (non-hydrogen) atoms. The minimum absolute atomic E-state index is 0.243. The number of fused-ring (bicyclic) bond motifs is 1. The molecule has 3 rings (SSSR count). The molecule has 6 heteroatoms. The molecule has 0 spiro atoms. The van der Waals surface area contributed by atoms with Gasteiger partial charge in [-0.3, -0.25) is 9.59 Å². The number of benzene rings is 2. The highest BCUT2D eigenvalue weighted by molar-refractivity contribution is 14.1. The maximum absolute atomic E-state index is 12.4. The highest BCUT2D eigenvalue weighted by Gasteiger charge is 2.38. The highest BCUT2D eigenvalue weighted by Crippen LogP contribution is 2.35. The van der Waals surface area contributed by atoms with Crippen molar-refractivity contribution >= 4 is 57.4 Å². The van der Waals surface area contributed by atoms with Crippen LogP contribution in [0.3, 0.4) is 0 Å². The molecule has 0 unspecified atom stereocenters. The van der Waals surface area contributed by atoms with Crippen molar-refractivity contribution in [3.63, 3.8) is 0 Å². The normalized spacial score (nSPS) is 13.8. The number of halogens is 2. The fourth-order valence-electron chi connectivity index (χ4n) is 2.19. The first-order valence-corrected chi connectivity index (χ1v) is 7.18. The summed E-state index contributed by atoms with van der Waals surface area (Å²) in [4.78, 5) is 25.9. The van der Waals surface area contributed by atoms with Crippen molar-refractivity contribution in [1.29, 1.82) is 0 Å². The van der Waals surface area contributed by atoms with Crippen LogP contribution in [-0.4, -0.2) is 11.8 Å². The Morgan fingerprint density at radius 2 is 1.85 bits per heavy atom. The minimum atomic E-state index is -0.439. The summed E-state index contributed by atoms with van der Waals surface area (Å²) in [6, 6.07) is 9.98. The van der Waals surface area contributed by atoms with Gasteiger partial charge in [0.2, 0.25) is 0 Å². The molecule has 0 aliphatic carbocycles. The number of nitrogens with two attached hydrogens (primary N) is 1. The molecule has 0 atom stereocenters. The molecule has 4 nitrogen and oxygen atoms in total. The molecule has 0 fully saturated rings. The number of carbonyl (C=O) groups is 2. The molecule has 1 heterocycles. The van der Waals surface area contributed by atoms with Crippen molar-refractivity contribution in [1.82, 2.24) is 0 Å². The lowest BCUT2D eigenvalue weighted by Crippen LogP contribution is -2.29. The standard InChI is InChI=1S/C14H8ClIN2O2/c15-9-6-7(16)4-5-11(9)18-13(19)8-2-1-3-10(17)12(8)14(18)20/h1-6H,17H2. The molecule has 0 saturated heterocycles. The summed E-state index contributed by atoms with van der Waals surface area (Å²) in [6.07, 6.45) is 0. The van der Waals surface area contributed by atoms with Crippen molar-refractivity contribution < 1.29 is 9.59 Å². The number of rotatable bonds is 1. The van der Waals surface area contributed by atoms with Crippen LogP contribution in [-0.2, 0) is 0 Å². The van der Waals surface area contributed by atoms with Crippen LogP contribution in [0.4, 0.5) is 11.4 Å². The average molecular weight is 399 g/mol. The third-order valence-electron chi connectivity index (χ3n) is 3.10. The molecular formula is C14H8ClIN2O2. The monoisotopic (exact) mass is 398 g/mol. The Hall–Kier alpha value is -1.60. The molecule has 0 saturated carbocycles. The van der Waals surface area contributed by atoms with E-state index in [1.165, 1.54) is 0 Å². The number of hydrogen-bond donors (Lipinski definition) is 1. The van der Waals surface area contributed by atoms with Gasteiger partial charge in [0.15, 0.2) is 0 Å². The Morgan fingerprint density at radius 3 is 2.50 bits per heavy atom. The first kappa shape index (κ1) is 13.4. The molecule has 0 bridgehead atoms. The lowest BCUT2D eigenvalue weighted by molar-refractivity contribution is 0.0926. The smallest absolute Gasteiger partial charge is 0.268 e. The molecule has 1 aliphatic rings. The molecule has 100 valence electrons. The summed E-state index contributed by atoms with van der Waals surface area (Å²) in [5.74, 6) is -0.841. The number of imide groups is 1. The summed E-state index contributed by atoms with van der Waals surface area (Å²) in [5.41, 5.74) is 7.01. The number of hydrogen-bond acceptors (Lipinski definition) is 3. The van der Waals surface area contributed by atoms with Gasteiger partial charge in [0, 0.05) is 9.26 Å².